The largest absolute Gasteiger partial charge is 0.497 e. The Bertz CT molecular complexity index is 1290. The average Bonchev–Trinajstić information content (AvgIpc) is 3.27. The number of nitro groups is 1. The third-order valence-corrected chi connectivity index (χ3v) is 12.8. The van der Waals surface area contributed by atoms with Gasteiger partial charge in [0.2, 0.25) is 0 Å². The first-order valence-corrected chi connectivity index (χ1v) is 18.3. The van der Waals surface area contributed by atoms with Crippen LogP contribution in [0.15, 0.2) is 60.7 Å². The zero-order valence-electron chi connectivity index (χ0n) is 28.0. The van der Waals surface area contributed by atoms with Gasteiger partial charge in [0.25, 0.3) is 5.69 Å². The van der Waals surface area contributed by atoms with Crippen LogP contribution in [0.1, 0.15) is 70.3 Å². The quantitative estimate of drug-likeness (QED) is 0.0635. The smallest absolute Gasteiger partial charge is 0.338 e. The summed E-state index contributed by atoms with van der Waals surface area (Å²) in [5.74, 6) is -0.609. The first-order chi connectivity index (χ1) is 21.0. The van der Waals surface area contributed by atoms with E-state index >= 15 is 0 Å². The summed E-state index contributed by atoms with van der Waals surface area (Å²) >= 11 is 0. The Hall–Kier alpha value is -3.09. The van der Waals surface area contributed by atoms with Gasteiger partial charge in [-0.25, -0.2) is 4.79 Å². The number of carbonyl (C=O) groups is 1. The fourth-order valence-corrected chi connectivity index (χ4v) is 5.64. The van der Waals surface area contributed by atoms with Crippen molar-refractivity contribution in [2.75, 3.05) is 13.7 Å². The molecule has 11 heteroatoms. The average molecular weight is 644 g/mol. The Balaban J connectivity index is 1.72. The van der Waals surface area contributed by atoms with Crippen LogP contribution in [-0.4, -0.2) is 63.1 Å². The predicted octanol–water partition coefficient (Wildman–Crippen LogP) is 7.61. The van der Waals surface area contributed by atoms with E-state index in [1.54, 1.807) is 7.11 Å². The minimum absolute atomic E-state index is 0.103. The monoisotopic (exact) mass is 643 g/mol. The lowest BCUT2D eigenvalue weighted by Gasteiger charge is -2.36. The second-order valence-electron chi connectivity index (χ2n) is 13.4. The zero-order valence-corrected chi connectivity index (χ0v) is 29.0. The summed E-state index contributed by atoms with van der Waals surface area (Å²) in [7, 11) is -0.297. The fraction of sp³-hybridized carbons (Fsp3) is 0.559. The number of esters is 1. The van der Waals surface area contributed by atoms with Gasteiger partial charge in [0, 0.05) is 25.2 Å². The van der Waals surface area contributed by atoms with Crippen molar-refractivity contribution in [1.29, 1.82) is 0 Å². The highest BCUT2D eigenvalue weighted by atomic mass is 28.4. The van der Waals surface area contributed by atoms with Crippen molar-refractivity contribution in [2.45, 2.75) is 109 Å². The Morgan fingerprint density at radius 3 is 2.31 bits per heavy atom. The van der Waals surface area contributed by atoms with Gasteiger partial charge in [-0.2, -0.15) is 0 Å². The summed E-state index contributed by atoms with van der Waals surface area (Å²) in [4.78, 5) is 23.6. The van der Waals surface area contributed by atoms with Crippen molar-refractivity contribution in [2.24, 2.45) is 0 Å². The van der Waals surface area contributed by atoms with Crippen LogP contribution in [-0.2, 0) is 30.0 Å². The Morgan fingerprint density at radius 2 is 1.73 bits per heavy atom. The molecule has 45 heavy (non-hydrogen) atoms. The summed E-state index contributed by atoms with van der Waals surface area (Å²) in [6, 6.07) is 13.0. The second-order valence-corrected chi connectivity index (χ2v) is 18.2. The van der Waals surface area contributed by atoms with Crippen molar-refractivity contribution in [3.8, 4) is 5.75 Å². The lowest BCUT2D eigenvalue weighted by Crippen LogP contribution is -2.41. The molecule has 0 unspecified atom stereocenters. The molecule has 0 bridgehead atoms. The topological polar surface area (TPSA) is 116 Å². The van der Waals surface area contributed by atoms with Crippen molar-refractivity contribution in [1.82, 2.24) is 0 Å². The Morgan fingerprint density at radius 1 is 1.09 bits per heavy atom. The zero-order chi connectivity index (χ0) is 33.4. The van der Waals surface area contributed by atoms with E-state index in [0.717, 1.165) is 11.3 Å². The van der Waals surface area contributed by atoms with Crippen LogP contribution in [0.4, 0.5) is 5.69 Å². The minimum Gasteiger partial charge on any atom is -0.497 e. The highest BCUT2D eigenvalue weighted by Gasteiger charge is 2.41. The van der Waals surface area contributed by atoms with Crippen molar-refractivity contribution in [3.05, 3.63) is 81.9 Å². The van der Waals surface area contributed by atoms with Crippen molar-refractivity contribution < 1.29 is 37.8 Å². The van der Waals surface area contributed by atoms with E-state index in [1.807, 2.05) is 57.2 Å². The SMILES string of the molecule is COc1ccc(CO[C@H](C)C[C@@H](/C=C/[C@H]2OC(C)(C)O[C@@H]2CCO[Si](C)(C)C(C)(C)C)OC(=O)c2ccc([N+](=O)[O-])cc2)cc1. The van der Waals surface area contributed by atoms with Gasteiger partial charge in [-0.1, -0.05) is 39.0 Å². The molecule has 1 aliphatic heterocycles. The number of hydrogen-bond acceptors (Lipinski definition) is 9. The summed E-state index contributed by atoms with van der Waals surface area (Å²) < 4.78 is 36.0. The van der Waals surface area contributed by atoms with E-state index in [1.165, 1.54) is 24.3 Å². The first kappa shape index (κ1) is 36.4. The molecule has 0 N–H and O–H groups in total. The molecule has 10 nitrogen and oxygen atoms in total. The van der Waals surface area contributed by atoms with E-state index in [4.69, 9.17) is 28.1 Å². The molecule has 0 amide bonds. The molecule has 0 spiro atoms. The van der Waals surface area contributed by atoms with E-state index in [0.29, 0.717) is 26.1 Å². The van der Waals surface area contributed by atoms with Crippen LogP contribution in [0.25, 0.3) is 0 Å². The van der Waals surface area contributed by atoms with Crippen molar-refractivity contribution >= 4 is 20.0 Å². The number of rotatable bonds is 15. The lowest BCUT2D eigenvalue weighted by atomic mass is 10.1. The van der Waals surface area contributed by atoms with Gasteiger partial charge in [-0.15, -0.1) is 0 Å². The molecular formula is C34H49NO9Si. The molecule has 1 heterocycles. The third kappa shape index (κ3) is 11.0. The van der Waals surface area contributed by atoms with Crippen LogP contribution in [0.3, 0.4) is 0 Å². The van der Waals surface area contributed by atoms with Gasteiger partial charge in [0.1, 0.15) is 18.0 Å². The number of non-ortho nitro benzene ring substituents is 1. The molecule has 2 aromatic carbocycles. The number of nitrogens with zero attached hydrogens (tertiary/aromatic N) is 1. The molecule has 1 aliphatic rings. The molecule has 4 atom stereocenters. The summed E-state index contributed by atoms with van der Waals surface area (Å²) in [5, 5.41) is 11.2. The van der Waals surface area contributed by atoms with E-state index in [9.17, 15) is 14.9 Å². The Labute approximate surface area is 268 Å². The maximum Gasteiger partial charge on any atom is 0.338 e. The van der Waals surface area contributed by atoms with Crippen LogP contribution in [0.5, 0.6) is 5.75 Å². The third-order valence-electron chi connectivity index (χ3n) is 8.24. The Kier molecular flexibility index (Phi) is 12.5. The molecule has 2 aromatic rings. The molecular weight excluding hydrogens is 594 g/mol. The molecule has 0 aromatic heterocycles. The number of hydrogen-bond donors (Lipinski definition) is 0. The van der Waals surface area contributed by atoms with Gasteiger partial charge in [-0.05, 0) is 81.2 Å². The maximum absolute atomic E-state index is 13.1. The van der Waals surface area contributed by atoms with E-state index in [-0.39, 0.29) is 34.6 Å². The number of nitro benzene ring substituents is 1. The van der Waals surface area contributed by atoms with Gasteiger partial charge >= 0.3 is 5.97 Å². The molecule has 3 rings (SSSR count). The molecule has 0 radical (unpaired) electrons. The molecule has 1 saturated heterocycles. The van der Waals surface area contributed by atoms with Gasteiger partial charge < -0.3 is 28.1 Å². The maximum atomic E-state index is 13.1. The second kappa shape index (κ2) is 15.5. The van der Waals surface area contributed by atoms with Crippen LogP contribution >= 0.6 is 0 Å². The van der Waals surface area contributed by atoms with E-state index in [2.05, 4.69) is 33.9 Å². The van der Waals surface area contributed by atoms with Gasteiger partial charge in [0.15, 0.2) is 14.1 Å². The number of methoxy groups -OCH3 is 1. The molecule has 0 saturated carbocycles. The van der Waals surface area contributed by atoms with Crippen molar-refractivity contribution in [3.63, 3.8) is 0 Å². The van der Waals surface area contributed by atoms with Crippen LogP contribution in [0, 0.1) is 10.1 Å². The van der Waals surface area contributed by atoms with Crippen LogP contribution < -0.4 is 4.74 Å². The van der Waals surface area contributed by atoms with Crippen LogP contribution in [0.2, 0.25) is 18.1 Å². The molecule has 1 fully saturated rings. The number of benzene rings is 2. The number of carbonyl (C=O) groups excluding carboxylic acids is 1. The first-order valence-electron chi connectivity index (χ1n) is 15.4. The van der Waals surface area contributed by atoms with E-state index < -0.39 is 31.1 Å². The molecule has 248 valence electrons. The predicted molar refractivity (Wildman–Crippen MR) is 175 cm³/mol. The van der Waals surface area contributed by atoms with Gasteiger partial charge in [0.05, 0.1) is 36.4 Å². The summed E-state index contributed by atoms with van der Waals surface area (Å²) in [5.41, 5.74) is 1.10. The minimum atomic E-state index is -1.92. The highest BCUT2D eigenvalue weighted by molar-refractivity contribution is 6.74. The molecule has 0 aliphatic carbocycles. The fourth-order valence-electron chi connectivity index (χ4n) is 4.58. The normalized spacial score (nSPS) is 19.8. The summed E-state index contributed by atoms with van der Waals surface area (Å²) in [6.45, 7) is 17.7. The highest BCUT2D eigenvalue weighted by Crippen LogP contribution is 2.37. The standard InChI is InChI=1S/C34H49NO9Si/c1-24(40-23-25-10-16-28(39-7)17-11-25)22-29(42-32(36)26-12-14-27(15-13-26)35(37)38)18-19-30-31(44-34(5,6)43-30)20-21-41-45(8,9)33(2,3)4/h10-19,24,29-31H,20-23H2,1-9H3/b19-18+/t24-,29-,30-,31-/m1/s1. The number of ether oxygens (including phenoxy) is 5. The summed E-state index contributed by atoms with van der Waals surface area (Å²) in [6.07, 6.45) is 3.19. The van der Waals surface area contributed by atoms with Gasteiger partial charge in [-0.3, -0.25) is 10.1 Å². The lowest BCUT2D eigenvalue weighted by molar-refractivity contribution is -0.384.